The summed E-state index contributed by atoms with van der Waals surface area (Å²) in [5.41, 5.74) is 7.24. The molecule has 0 saturated heterocycles. The second kappa shape index (κ2) is 8.76. The summed E-state index contributed by atoms with van der Waals surface area (Å²) in [6.07, 6.45) is 7.52. The van der Waals surface area contributed by atoms with Crippen molar-refractivity contribution in [1.82, 2.24) is 4.90 Å². The van der Waals surface area contributed by atoms with Gasteiger partial charge in [0.1, 0.15) is 5.75 Å². The van der Waals surface area contributed by atoms with Crippen LogP contribution in [0.4, 0.5) is 0 Å². The molecule has 1 saturated carbocycles. The summed E-state index contributed by atoms with van der Waals surface area (Å²) in [7, 11) is 2.19. The quantitative estimate of drug-likeness (QED) is 0.808. The van der Waals surface area contributed by atoms with Gasteiger partial charge < -0.3 is 10.5 Å². The molecule has 4 heteroatoms. The van der Waals surface area contributed by atoms with Crippen LogP contribution >= 0.6 is 11.6 Å². The van der Waals surface area contributed by atoms with Crippen molar-refractivity contribution in [2.75, 3.05) is 20.2 Å². The molecule has 3 nitrogen and oxygen atoms in total. The zero-order valence-electron chi connectivity index (χ0n) is 13.9. The van der Waals surface area contributed by atoms with Crippen molar-refractivity contribution in [3.05, 3.63) is 28.8 Å². The number of halogens is 1. The summed E-state index contributed by atoms with van der Waals surface area (Å²) in [6.45, 7) is 3.42. The highest BCUT2D eigenvalue weighted by atomic mass is 35.5. The van der Waals surface area contributed by atoms with Gasteiger partial charge in [-0.1, -0.05) is 37.8 Å². The minimum absolute atomic E-state index is 0.161. The molecular weight excluding hydrogens is 296 g/mol. The number of benzene rings is 1. The summed E-state index contributed by atoms with van der Waals surface area (Å²) >= 11 is 6.23. The van der Waals surface area contributed by atoms with E-state index < -0.39 is 0 Å². The van der Waals surface area contributed by atoms with Crippen LogP contribution in [0.5, 0.6) is 5.75 Å². The van der Waals surface area contributed by atoms with Crippen molar-refractivity contribution in [2.24, 2.45) is 5.73 Å². The number of rotatable bonds is 7. The average Bonchev–Trinajstić information content (AvgIpc) is 2.55. The van der Waals surface area contributed by atoms with Gasteiger partial charge in [0.25, 0.3) is 0 Å². The van der Waals surface area contributed by atoms with Crippen LogP contribution in [0, 0.1) is 0 Å². The molecule has 1 unspecified atom stereocenters. The zero-order chi connectivity index (χ0) is 15.9. The second-order valence-electron chi connectivity index (χ2n) is 6.24. The first-order chi connectivity index (χ1) is 10.7. The van der Waals surface area contributed by atoms with Gasteiger partial charge in [0.15, 0.2) is 0 Å². The first-order valence-corrected chi connectivity index (χ1v) is 8.89. The van der Waals surface area contributed by atoms with E-state index in [-0.39, 0.29) is 6.04 Å². The van der Waals surface area contributed by atoms with Crippen LogP contribution in [0.15, 0.2) is 18.2 Å². The summed E-state index contributed by atoms with van der Waals surface area (Å²) in [5.74, 6) is 0.921. The fourth-order valence-electron chi connectivity index (χ4n) is 3.38. The maximum Gasteiger partial charge on any atom is 0.124 e. The second-order valence-corrected chi connectivity index (χ2v) is 6.68. The minimum atomic E-state index is 0.161. The van der Waals surface area contributed by atoms with Gasteiger partial charge in [0.2, 0.25) is 0 Å². The molecule has 0 aromatic heterocycles. The molecule has 124 valence electrons. The van der Waals surface area contributed by atoms with Crippen molar-refractivity contribution in [2.45, 2.75) is 57.5 Å². The smallest absolute Gasteiger partial charge is 0.124 e. The highest BCUT2D eigenvalue weighted by Crippen LogP contribution is 2.34. The van der Waals surface area contributed by atoms with Crippen LogP contribution in [0.1, 0.15) is 57.1 Å². The molecule has 0 bridgehead atoms. The lowest BCUT2D eigenvalue weighted by Gasteiger charge is -2.37. The Kier molecular flexibility index (Phi) is 7.00. The zero-order valence-corrected chi connectivity index (χ0v) is 14.6. The van der Waals surface area contributed by atoms with E-state index in [1.807, 2.05) is 18.2 Å². The molecule has 0 amide bonds. The summed E-state index contributed by atoms with van der Waals surface area (Å²) in [6, 6.07) is 6.66. The summed E-state index contributed by atoms with van der Waals surface area (Å²) in [4.78, 5) is 2.43. The average molecular weight is 325 g/mol. The van der Waals surface area contributed by atoms with E-state index in [0.29, 0.717) is 12.6 Å². The molecule has 1 aromatic rings. The predicted molar refractivity (Wildman–Crippen MR) is 93.7 cm³/mol. The Hall–Kier alpha value is -0.770. The fourth-order valence-corrected chi connectivity index (χ4v) is 3.56. The first-order valence-electron chi connectivity index (χ1n) is 8.51. The molecule has 1 aromatic carbocycles. The fraction of sp³-hybridized carbons (Fsp3) is 0.667. The van der Waals surface area contributed by atoms with Crippen molar-refractivity contribution in [3.63, 3.8) is 0 Å². The Bertz CT molecular complexity index is 460. The highest BCUT2D eigenvalue weighted by molar-refractivity contribution is 6.30. The lowest BCUT2D eigenvalue weighted by Crippen LogP contribution is -2.39. The molecule has 0 spiro atoms. The van der Waals surface area contributed by atoms with Crippen molar-refractivity contribution >= 4 is 11.6 Å². The van der Waals surface area contributed by atoms with Gasteiger partial charge in [0.05, 0.1) is 12.6 Å². The van der Waals surface area contributed by atoms with Crippen LogP contribution < -0.4 is 10.5 Å². The minimum Gasteiger partial charge on any atom is -0.493 e. The van der Waals surface area contributed by atoms with Gasteiger partial charge in [0, 0.05) is 23.2 Å². The third-order valence-corrected chi connectivity index (χ3v) is 4.89. The van der Waals surface area contributed by atoms with E-state index in [1.165, 1.54) is 32.1 Å². The summed E-state index contributed by atoms with van der Waals surface area (Å²) in [5, 5.41) is 0.745. The Morgan fingerprint density at radius 2 is 2.05 bits per heavy atom. The van der Waals surface area contributed by atoms with E-state index in [4.69, 9.17) is 22.1 Å². The molecule has 1 aliphatic rings. The molecule has 2 rings (SSSR count). The van der Waals surface area contributed by atoms with Crippen LogP contribution in [-0.2, 0) is 0 Å². The van der Waals surface area contributed by atoms with Gasteiger partial charge >= 0.3 is 0 Å². The Morgan fingerprint density at radius 1 is 1.32 bits per heavy atom. The van der Waals surface area contributed by atoms with Crippen molar-refractivity contribution in [3.8, 4) is 5.75 Å². The Labute approximate surface area is 139 Å². The highest BCUT2D eigenvalue weighted by Gasteiger charge is 2.27. The van der Waals surface area contributed by atoms with Gasteiger partial charge in [-0.2, -0.15) is 0 Å². The molecule has 1 fully saturated rings. The van der Waals surface area contributed by atoms with Crippen molar-refractivity contribution in [1.29, 1.82) is 0 Å². The van der Waals surface area contributed by atoms with Crippen molar-refractivity contribution < 1.29 is 4.74 Å². The molecule has 0 aliphatic heterocycles. The molecular formula is C18H29ClN2O. The number of nitrogens with zero attached hydrogens (tertiary/aromatic N) is 1. The first kappa shape index (κ1) is 17.6. The normalized spacial score (nSPS) is 17.7. The maximum atomic E-state index is 6.23. The van der Waals surface area contributed by atoms with E-state index in [0.717, 1.165) is 29.4 Å². The molecule has 0 heterocycles. The lowest BCUT2D eigenvalue weighted by atomic mass is 9.92. The largest absolute Gasteiger partial charge is 0.493 e. The van der Waals surface area contributed by atoms with E-state index in [9.17, 15) is 0 Å². The topological polar surface area (TPSA) is 38.5 Å². The van der Waals surface area contributed by atoms with Gasteiger partial charge in [-0.15, -0.1) is 0 Å². The van der Waals surface area contributed by atoms with E-state index in [1.54, 1.807) is 0 Å². The van der Waals surface area contributed by atoms with Crippen LogP contribution in [0.3, 0.4) is 0 Å². The number of ether oxygens (including phenoxy) is 1. The molecule has 22 heavy (non-hydrogen) atoms. The monoisotopic (exact) mass is 324 g/mol. The molecule has 1 atom stereocenters. The van der Waals surface area contributed by atoms with E-state index >= 15 is 0 Å². The Balaban J connectivity index is 2.22. The van der Waals surface area contributed by atoms with Crippen LogP contribution in [0.25, 0.3) is 0 Å². The lowest BCUT2D eigenvalue weighted by molar-refractivity contribution is 0.138. The number of likely N-dealkylation sites (N-methyl/N-ethyl adjacent to an activating group) is 1. The standard InChI is InChI=1S/C18H29ClN2O/c1-3-11-22-18-10-9-14(19)12-16(18)17(13-20)21(2)15-7-5-4-6-8-15/h9-10,12,15,17H,3-8,11,13,20H2,1-2H3. The van der Waals surface area contributed by atoms with Crippen LogP contribution in [-0.4, -0.2) is 31.1 Å². The number of hydrogen-bond acceptors (Lipinski definition) is 3. The van der Waals surface area contributed by atoms with Gasteiger partial charge in [-0.25, -0.2) is 0 Å². The number of hydrogen-bond donors (Lipinski definition) is 1. The summed E-state index contributed by atoms with van der Waals surface area (Å²) < 4.78 is 5.92. The molecule has 0 radical (unpaired) electrons. The molecule has 1 aliphatic carbocycles. The van der Waals surface area contributed by atoms with E-state index in [2.05, 4.69) is 18.9 Å². The third kappa shape index (κ3) is 4.37. The Morgan fingerprint density at radius 3 is 2.68 bits per heavy atom. The number of nitrogens with two attached hydrogens (primary N) is 1. The van der Waals surface area contributed by atoms with Gasteiger partial charge in [-0.05, 0) is 44.5 Å². The maximum absolute atomic E-state index is 6.23. The third-order valence-electron chi connectivity index (χ3n) is 4.66. The SMILES string of the molecule is CCCOc1ccc(Cl)cc1C(CN)N(C)C1CCCCC1. The predicted octanol–water partition coefficient (Wildman–Crippen LogP) is 4.39. The molecule has 2 N–H and O–H groups in total. The van der Waals surface area contributed by atoms with Crippen LogP contribution in [0.2, 0.25) is 5.02 Å². The van der Waals surface area contributed by atoms with Gasteiger partial charge in [-0.3, -0.25) is 4.90 Å².